The normalized spacial score (nSPS) is 18.9. The van der Waals surface area contributed by atoms with E-state index in [-0.39, 0.29) is 52.3 Å². The van der Waals surface area contributed by atoms with E-state index in [2.05, 4.69) is 10.2 Å². The minimum atomic E-state index is -4.75. The number of methoxy groups -OCH3 is 1. The zero-order chi connectivity index (χ0) is 37.3. The fourth-order valence-corrected chi connectivity index (χ4v) is 7.29. The number of carbonyl (C=O) groups is 1. The van der Waals surface area contributed by atoms with E-state index in [1.54, 1.807) is 32.0 Å². The summed E-state index contributed by atoms with van der Waals surface area (Å²) < 4.78 is 116. The van der Waals surface area contributed by atoms with Gasteiger partial charge in [0.25, 0.3) is 0 Å². The molecule has 3 heterocycles. The number of aromatic nitrogens is 2. The Kier molecular flexibility index (Phi) is 8.54. The summed E-state index contributed by atoms with van der Waals surface area (Å²) in [4.78, 5) is 14.8. The summed E-state index contributed by atoms with van der Waals surface area (Å²) in [5, 5.41) is 7.86. The number of aryl methyl sites for hydroxylation is 3. The number of ether oxygens (including phenoxy) is 2. The average Bonchev–Trinajstić information content (AvgIpc) is 3.80. The van der Waals surface area contributed by atoms with Gasteiger partial charge in [-0.25, -0.2) is 9.18 Å². The van der Waals surface area contributed by atoms with Gasteiger partial charge < -0.3 is 13.9 Å². The second-order valence-corrected chi connectivity index (χ2v) is 13.0. The van der Waals surface area contributed by atoms with Crippen molar-refractivity contribution in [2.75, 3.05) is 7.11 Å². The third-order valence-corrected chi connectivity index (χ3v) is 9.58. The molecule has 7 rings (SSSR count). The predicted octanol–water partition coefficient (Wildman–Crippen LogP) is 10.6. The summed E-state index contributed by atoms with van der Waals surface area (Å²) in [7, 11) is 1.30. The highest BCUT2D eigenvalue weighted by Crippen LogP contribution is 2.51. The van der Waals surface area contributed by atoms with Crippen LogP contribution in [0, 0.1) is 26.6 Å². The van der Waals surface area contributed by atoms with Crippen molar-refractivity contribution in [3.8, 4) is 39.5 Å². The van der Waals surface area contributed by atoms with Crippen LogP contribution in [0.1, 0.15) is 64.3 Å². The molecule has 4 aromatic carbocycles. The summed E-state index contributed by atoms with van der Waals surface area (Å²) >= 11 is 0. The molecule has 1 amide bonds. The van der Waals surface area contributed by atoms with Gasteiger partial charge in [-0.2, -0.15) is 26.3 Å². The first-order chi connectivity index (χ1) is 24.5. The van der Waals surface area contributed by atoms with Crippen molar-refractivity contribution in [3.05, 3.63) is 112 Å². The Labute approximate surface area is 293 Å². The first-order valence-corrected chi connectivity index (χ1v) is 16.2. The second kappa shape index (κ2) is 12.7. The number of amides is 1. The van der Waals surface area contributed by atoms with Crippen LogP contribution in [0.5, 0.6) is 5.75 Å². The molecule has 7 nitrogen and oxygen atoms in total. The lowest BCUT2D eigenvalue weighted by atomic mass is 9.88. The van der Waals surface area contributed by atoms with Gasteiger partial charge in [-0.05, 0) is 97.0 Å². The predicted molar refractivity (Wildman–Crippen MR) is 175 cm³/mol. The van der Waals surface area contributed by atoms with Crippen LogP contribution in [-0.2, 0) is 17.1 Å². The lowest BCUT2D eigenvalue weighted by Gasteiger charge is -2.26. The highest BCUT2D eigenvalue weighted by molar-refractivity contribution is 5.83. The first-order valence-electron chi connectivity index (χ1n) is 16.2. The Morgan fingerprint density at radius 3 is 2.17 bits per heavy atom. The van der Waals surface area contributed by atoms with Crippen LogP contribution in [0.4, 0.5) is 35.5 Å². The number of nitrogens with zero attached hydrogens (tertiary/aromatic N) is 3. The molecule has 0 saturated carbocycles. The molecule has 0 bridgehead atoms. The summed E-state index contributed by atoms with van der Waals surface area (Å²) in [6.45, 7) is 4.90. The van der Waals surface area contributed by atoms with Crippen molar-refractivity contribution < 1.29 is 49.4 Å². The number of rotatable bonds is 6. The van der Waals surface area contributed by atoms with E-state index in [0.717, 1.165) is 30.3 Å². The summed E-state index contributed by atoms with van der Waals surface area (Å²) in [5.74, 6) is 0.0284. The molecule has 0 radical (unpaired) electrons. The highest BCUT2D eigenvalue weighted by atomic mass is 19.4. The van der Waals surface area contributed by atoms with Gasteiger partial charge in [0.05, 0.1) is 30.3 Å². The monoisotopic (exact) mass is 725 g/mol. The van der Waals surface area contributed by atoms with Gasteiger partial charge in [-0.15, -0.1) is 10.2 Å². The van der Waals surface area contributed by atoms with Gasteiger partial charge in [-0.1, -0.05) is 23.8 Å². The smallest absolute Gasteiger partial charge is 0.416 e. The largest absolute Gasteiger partial charge is 0.496 e. The first kappa shape index (κ1) is 35.0. The SMILES string of the molecule is COc1cc(F)c(-c2ccc(-c3nnc(C)o3)cc2C)cc1-c1ccc(C(F)(F)F)cc1[C@@H]1CC[C@H]2[C@@H](c3cc(C)cc(C(F)(F)F)c3)OC(=O)N12. The van der Waals surface area contributed by atoms with Gasteiger partial charge in [-0.3, -0.25) is 4.90 Å². The zero-order valence-corrected chi connectivity index (χ0v) is 28.1. The maximum Gasteiger partial charge on any atom is 0.416 e. The van der Waals surface area contributed by atoms with Crippen molar-refractivity contribution in [1.82, 2.24) is 15.1 Å². The third-order valence-electron chi connectivity index (χ3n) is 9.58. The van der Waals surface area contributed by atoms with Crippen molar-refractivity contribution in [1.29, 1.82) is 0 Å². The van der Waals surface area contributed by atoms with Crippen LogP contribution in [0.15, 0.2) is 71.1 Å². The molecule has 2 fully saturated rings. The fourth-order valence-electron chi connectivity index (χ4n) is 7.29. The number of fused-ring (bicyclic) bond motifs is 1. The summed E-state index contributed by atoms with van der Waals surface area (Å²) in [5.41, 5.74) is 1.05. The van der Waals surface area contributed by atoms with Gasteiger partial charge in [0, 0.05) is 29.7 Å². The molecular formula is C38H30F7N3O4. The van der Waals surface area contributed by atoms with Gasteiger partial charge >= 0.3 is 18.4 Å². The molecule has 2 aliphatic rings. The van der Waals surface area contributed by atoms with E-state index in [1.807, 2.05) is 0 Å². The lowest BCUT2D eigenvalue weighted by Crippen LogP contribution is -2.31. The molecule has 14 heteroatoms. The maximum atomic E-state index is 15.8. The third kappa shape index (κ3) is 6.24. The molecular weight excluding hydrogens is 695 g/mol. The van der Waals surface area contributed by atoms with Crippen molar-refractivity contribution in [3.63, 3.8) is 0 Å². The van der Waals surface area contributed by atoms with Crippen LogP contribution >= 0.6 is 0 Å². The minimum Gasteiger partial charge on any atom is -0.496 e. The van der Waals surface area contributed by atoms with Crippen molar-refractivity contribution in [2.45, 2.75) is 64.2 Å². The molecule has 0 unspecified atom stereocenters. The van der Waals surface area contributed by atoms with Crippen molar-refractivity contribution >= 4 is 6.09 Å². The molecule has 0 spiro atoms. The molecule has 1 aromatic heterocycles. The maximum absolute atomic E-state index is 15.8. The summed E-state index contributed by atoms with van der Waals surface area (Å²) in [6.07, 6.45) is -10.9. The van der Waals surface area contributed by atoms with E-state index in [9.17, 15) is 31.1 Å². The quantitative estimate of drug-likeness (QED) is 0.162. The number of benzene rings is 4. The molecule has 270 valence electrons. The molecule has 0 aliphatic carbocycles. The molecule has 52 heavy (non-hydrogen) atoms. The Morgan fingerprint density at radius 2 is 1.52 bits per heavy atom. The van der Waals surface area contributed by atoms with E-state index in [1.165, 1.54) is 37.1 Å². The molecule has 5 aromatic rings. The fraction of sp³-hybridized carbons (Fsp3) is 0.289. The Balaban J connectivity index is 1.33. The highest BCUT2D eigenvalue weighted by Gasteiger charge is 2.51. The van der Waals surface area contributed by atoms with Crippen molar-refractivity contribution in [2.24, 2.45) is 0 Å². The molecule has 3 atom stereocenters. The van der Waals surface area contributed by atoms with E-state index in [0.29, 0.717) is 28.1 Å². The zero-order valence-electron chi connectivity index (χ0n) is 28.1. The van der Waals surface area contributed by atoms with Gasteiger partial charge in [0.1, 0.15) is 17.7 Å². The molecule has 2 saturated heterocycles. The van der Waals surface area contributed by atoms with Crippen LogP contribution in [0.3, 0.4) is 0 Å². The number of hydrogen-bond donors (Lipinski definition) is 0. The standard InChI is InChI=1S/C38H30F7N3O4/c1-18-11-22(14-24(12-18)38(43,44)45)34-32-10-9-31(48(32)36(49)52-34)28-15-23(37(40,41)42)6-8-26(28)29-16-27(30(39)17-33(29)50-4)25-7-5-21(13-19(25)2)35-47-46-20(3)51-35/h5-8,11-17,31-32,34H,9-10H2,1-4H3/t31-,32-,34+/m0/s1. The topological polar surface area (TPSA) is 77.7 Å². The van der Waals surface area contributed by atoms with Crippen LogP contribution < -0.4 is 4.74 Å². The van der Waals surface area contributed by atoms with Gasteiger partial charge in [0.2, 0.25) is 11.8 Å². The van der Waals surface area contributed by atoms with E-state index >= 15 is 4.39 Å². The second-order valence-electron chi connectivity index (χ2n) is 13.0. The Morgan fingerprint density at radius 1 is 0.788 bits per heavy atom. The number of carbonyl (C=O) groups excluding carboxylic acids is 1. The average molecular weight is 726 g/mol. The number of alkyl halides is 6. The van der Waals surface area contributed by atoms with Crippen LogP contribution in [0.2, 0.25) is 0 Å². The Hall–Kier alpha value is -5.40. The van der Waals surface area contributed by atoms with E-state index in [4.69, 9.17) is 13.9 Å². The van der Waals surface area contributed by atoms with Crippen LogP contribution in [-0.4, -0.2) is 34.3 Å². The van der Waals surface area contributed by atoms with Crippen LogP contribution in [0.25, 0.3) is 33.7 Å². The number of cyclic esters (lactones) is 1. The van der Waals surface area contributed by atoms with Gasteiger partial charge in [0.15, 0.2) is 0 Å². The number of hydrogen-bond acceptors (Lipinski definition) is 6. The molecule has 2 aliphatic heterocycles. The summed E-state index contributed by atoms with van der Waals surface area (Å²) in [6, 6.07) is 12.6. The Bertz CT molecular complexity index is 2210. The lowest BCUT2D eigenvalue weighted by molar-refractivity contribution is -0.138. The number of halogens is 7. The minimum absolute atomic E-state index is 0.0359. The molecule has 0 N–H and O–H groups in total. The van der Waals surface area contributed by atoms with E-state index < -0.39 is 53.6 Å².